The summed E-state index contributed by atoms with van der Waals surface area (Å²) in [4.78, 5) is 33.1. The van der Waals surface area contributed by atoms with Crippen LogP contribution in [0.1, 0.15) is 56.4 Å². The molecule has 0 atom stereocenters. The molecule has 0 unspecified atom stereocenters. The maximum Gasteiger partial charge on any atom is 0.302 e. The molecule has 1 aliphatic carbocycles. The number of ketones is 1. The molecule has 4 aromatic rings. The molecule has 4 aromatic heterocycles. The topological polar surface area (TPSA) is 115 Å². The minimum atomic E-state index is -0.394. The van der Waals surface area contributed by atoms with E-state index in [-0.39, 0.29) is 11.7 Å². The van der Waals surface area contributed by atoms with Crippen LogP contribution in [0, 0.1) is 13.8 Å². The van der Waals surface area contributed by atoms with Gasteiger partial charge in [-0.15, -0.1) is 22.7 Å². The van der Waals surface area contributed by atoms with Crippen molar-refractivity contribution in [3.05, 3.63) is 39.3 Å². The second-order valence-electron chi connectivity index (χ2n) is 7.67. The standard InChI is InChI=1S/C21H19N5O3S2/c1-9-4-7-13(30-9)16-15(11(3)27)10(2)23-21-17(16)18(22)19(31-21)20(28)24-14-8-26(25-29-14)12-5-6-12/h4,7-8,12H,5-6H2,1-3H3,(H2-,22,24,25,28)/p+1. The number of anilines is 2. The summed E-state index contributed by atoms with van der Waals surface area (Å²) in [5, 5.41) is 7.30. The number of carbonyl (C=O) groups is 2. The number of hydrogen-bond acceptors (Lipinski definition) is 8. The molecule has 0 radical (unpaired) electrons. The number of Topliss-reactive ketones (excluding diaryl/α,β-unsaturated/α-hetero) is 1. The van der Waals surface area contributed by atoms with Gasteiger partial charge in [-0.1, -0.05) is 0 Å². The number of nitrogen functional groups attached to an aromatic ring is 1. The molecule has 0 aromatic carbocycles. The van der Waals surface area contributed by atoms with E-state index < -0.39 is 5.91 Å². The quantitative estimate of drug-likeness (QED) is 0.343. The van der Waals surface area contributed by atoms with Crippen LogP contribution in [0.25, 0.3) is 20.7 Å². The molecule has 1 fully saturated rings. The molecule has 31 heavy (non-hydrogen) atoms. The molecule has 8 nitrogen and oxygen atoms in total. The fourth-order valence-corrected chi connectivity index (χ4v) is 5.64. The highest BCUT2D eigenvalue weighted by Gasteiger charge is 2.36. The van der Waals surface area contributed by atoms with Gasteiger partial charge in [-0.2, -0.15) is 0 Å². The lowest BCUT2D eigenvalue weighted by Gasteiger charge is -2.11. The number of thiophene rings is 2. The Bertz CT molecular complexity index is 1360. The maximum atomic E-state index is 13.0. The second kappa shape index (κ2) is 7.24. The van der Waals surface area contributed by atoms with E-state index in [0.29, 0.717) is 38.1 Å². The summed E-state index contributed by atoms with van der Waals surface area (Å²) in [6.07, 6.45) is 3.79. The number of pyridine rings is 1. The van der Waals surface area contributed by atoms with E-state index in [9.17, 15) is 9.59 Å². The molecule has 1 aliphatic rings. The van der Waals surface area contributed by atoms with Gasteiger partial charge >= 0.3 is 5.88 Å². The molecular formula is C21H20N5O3S2+. The molecule has 0 spiro atoms. The molecule has 5 rings (SSSR count). The first-order valence-electron chi connectivity index (χ1n) is 9.83. The molecule has 1 saturated carbocycles. The fraction of sp³-hybridized carbons (Fsp3) is 0.286. The highest BCUT2D eigenvalue weighted by atomic mass is 32.1. The first-order valence-corrected chi connectivity index (χ1v) is 11.5. The summed E-state index contributed by atoms with van der Waals surface area (Å²) in [7, 11) is 0. The van der Waals surface area contributed by atoms with Gasteiger partial charge in [0.15, 0.2) is 11.8 Å². The zero-order chi connectivity index (χ0) is 21.9. The van der Waals surface area contributed by atoms with Crippen molar-refractivity contribution in [1.82, 2.24) is 10.3 Å². The summed E-state index contributed by atoms with van der Waals surface area (Å²) in [5.74, 6) is -0.220. The van der Waals surface area contributed by atoms with E-state index in [4.69, 9.17) is 10.3 Å². The summed E-state index contributed by atoms with van der Waals surface area (Å²) >= 11 is 2.78. The van der Waals surface area contributed by atoms with Crippen LogP contribution in [0.4, 0.5) is 11.6 Å². The van der Waals surface area contributed by atoms with Gasteiger partial charge in [-0.3, -0.25) is 19.4 Å². The van der Waals surface area contributed by atoms with Gasteiger partial charge in [0.05, 0.1) is 11.4 Å². The number of nitrogens with zero attached hydrogens (tertiary/aromatic N) is 3. The number of carbonyl (C=O) groups excluding carboxylic acids is 2. The fourth-order valence-electron chi connectivity index (χ4n) is 3.67. The maximum absolute atomic E-state index is 13.0. The molecule has 0 saturated heterocycles. The van der Waals surface area contributed by atoms with Crippen molar-refractivity contribution in [1.29, 1.82) is 0 Å². The van der Waals surface area contributed by atoms with Crippen LogP contribution in [-0.2, 0) is 0 Å². The first-order chi connectivity index (χ1) is 14.8. The monoisotopic (exact) mass is 454 g/mol. The number of nitrogens with two attached hydrogens (primary N) is 1. The predicted octanol–water partition coefficient (Wildman–Crippen LogP) is 4.29. The number of fused-ring (bicyclic) bond motifs is 1. The van der Waals surface area contributed by atoms with E-state index in [1.54, 1.807) is 29.1 Å². The number of nitrogens with one attached hydrogen (secondary N) is 1. The Morgan fingerprint density at radius 3 is 2.68 bits per heavy atom. The lowest BCUT2D eigenvalue weighted by Crippen LogP contribution is -2.32. The van der Waals surface area contributed by atoms with Crippen molar-refractivity contribution < 1.29 is 18.8 Å². The highest BCUT2D eigenvalue weighted by Crippen LogP contribution is 2.44. The summed E-state index contributed by atoms with van der Waals surface area (Å²) < 4.78 is 6.94. The number of aryl methyl sites for hydroxylation is 2. The van der Waals surface area contributed by atoms with Crippen LogP contribution in [-0.4, -0.2) is 21.9 Å². The zero-order valence-corrected chi connectivity index (χ0v) is 18.8. The summed E-state index contributed by atoms with van der Waals surface area (Å²) in [5.41, 5.74) is 8.68. The average molecular weight is 455 g/mol. The third kappa shape index (κ3) is 3.41. The van der Waals surface area contributed by atoms with Crippen LogP contribution >= 0.6 is 22.7 Å². The van der Waals surface area contributed by atoms with Crippen LogP contribution < -0.4 is 15.7 Å². The minimum absolute atomic E-state index is 0.0872. The number of rotatable bonds is 5. The van der Waals surface area contributed by atoms with Gasteiger partial charge in [-0.05, 0) is 37.6 Å². The summed E-state index contributed by atoms with van der Waals surface area (Å²) in [6, 6.07) is 4.32. The van der Waals surface area contributed by atoms with Gasteiger partial charge in [0.1, 0.15) is 9.71 Å². The molecule has 4 heterocycles. The highest BCUT2D eigenvalue weighted by molar-refractivity contribution is 7.21. The van der Waals surface area contributed by atoms with E-state index in [1.807, 2.05) is 19.1 Å². The van der Waals surface area contributed by atoms with Gasteiger partial charge in [0, 0.05) is 39.1 Å². The van der Waals surface area contributed by atoms with Crippen LogP contribution in [0.5, 0.6) is 0 Å². The molecular weight excluding hydrogens is 434 g/mol. The first kappa shape index (κ1) is 19.8. The third-order valence-corrected chi connectivity index (χ3v) is 7.36. The Morgan fingerprint density at radius 1 is 1.26 bits per heavy atom. The van der Waals surface area contributed by atoms with E-state index >= 15 is 0 Å². The molecule has 1 amide bonds. The predicted molar refractivity (Wildman–Crippen MR) is 120 cm³/mol. The van der Waals surface area contributed by atoms with Crippen molar-refractivity contribution in [3.63, 3.8) is 0 Å². The van der Waals surface area contributed by atoms with Crippen molar-refractivity contribution in [2.75, 3.05) is 11.1 Å². The smallest absolute Gasteiger partial charge is 0.302 e. The summed E-state index contributed by atoms with van der Waals surface area (Å²) in [6.45, 7) is 5.34. The molecule has 0 bridgehead atoms. The molecule has 3 N–H and O–H groups in total. The van der Waals surface area contributed by atoms with E-state index in [2.05, 4.69) is 15.6 Å². The SMILES string of the molecule is CC(=O)c1c(C)nc2sc(C(=O)Nc3c[n+](C4CC4)no3)c(N)c2c1-c1ccc(C)s1. The number of hydrogen-bond donors (Lipinski definition) is 2. The molecule has 10 heteroatoms. The van der Waals surface area contributed by atoms with Crippen molar-refractivity contribution in [2.45, 2.75) is 39.7 Å². The largest absolute Gasteiger partial charge is 0.397 e. The third-order valence-electron chi connectivity index (χ3n) is 5.24. The molecule has 158 valence electrons. The van der Waals surface area contributed by atoms with E-state index in [0.717, 1.165) is 28.2 Å². The normalized spacial score (nSPS) is 13.6. The van der Waals surface area contributed by atoms with Crippen LogP contribution in [0.15, 0.2) is 22.9 Å². The Labute approximate surface area is 185 Å². The zero-order valence-electron chi connectivity index (χ0n) is 17.2. The van der Waals surface area contributed by atoms with Crippen LogP contribution in [0.3, 0.4) is 0 Å². The number of amides is 1. The van der Waals surface area contributed by atoms with Crippen molar-refractivity contribution in [3.8, 4) is 10.4 Å². The second-order valence-corrected chi connectivity index (χ2v) is 9.96. The lowest BCUT2D eigenvalue weighted by molar-refractivity contribution is -0.765. The Kier molecular flexibility index (Phi) is 4.63. The average Bonchev–Trinajstić information content (AvgIpc) is 3.15. The Morgan fingerprint density at radius 2 is 2.03 bits per heavy atom. The van der Waals surface area contributed by atoms with Gasteiger partial charge < -0.3 is 5.73 Å². The van der Waals surface area contributed by atoms with Crippen LogP contribution in [0.2, 0.25) is 0 Å². The van der Waals surface area contributed by atoms with Gasteiger partial charge in [0.2, 0.25) is 5.27 Å². The minimum Gasteiger partial charge on any atom is -0.397 e. The van der Waals surface area contributed by atoms with Gasteiger partial charge in [0.25, 0.3) is 12.1 Å². The Balaban J connectivity index is 1.62. The Hall–Kier alpha value is -3.11. The molecule has 0 aliphatic heterocycles. The van der Waals surface area contributed by atoms with E-state index in [1.165, 1.54) is 18.3 Å². The van der Waals surface area contributed by atoms with Gasteiger partial charge in [-0.25, -0.2) is 4.98 Å². The number of aromatic nitrogens is 3. The van der Waals surface area contributed by atoms with Crippen molar-refractivity contribution >= 4 is 56.2 Å². The van der Waals surface area contributed by atoms with Crippen molar-refractivity contribution in [2.24, 2.45) is 0 Å². The lowest BCUT2D eigenvalue weighted by atomic mass is 9.98.